The fourth-order valence-electron chi connectivity index (χ4n) is 4.15. The van der Waals surface area contributed by atoms with Crippen molar-refractivity contribution in [1.82, 2.24) is 15.2 Å². The van der Waals surface area contributed by atoms with Crippen molar-refractivity contribution in [2.75, 3.05) is 26.2 Å². The number of likely N-dealkylation sites (tertiary alicyclic amines) is 1. The SMILES string of the molecule is CCNC(=NCCc1csc(CC)n1)N1CCC2(CCCCC2)C1.I. The third-order valence-corrected chi connectivity index (χ3v) is 6.56. The van der Waals surface area contributed by atoms with Crippen molar-refractivity contribution in [3.8, 4) is 0 Å². The van der Waals surface area contributed by atoms with Crippen LogP contribution in [0.3, 0.4) is 0 Å². The summed E-state index contributed by atoms with van der Waals surface area (Å²) in [6, 6.07) is 0. The van der Waals surface area contributed by atoms with Gasteiger partial charge in [-0.3, -0.25) is 4.99 Å². The van der Waals surface area contributed by atoms with Gasteiger partial charge in [0.05, 0.1) is 10.7 Å². The van der Waals surface area contributed by atoms with Gasteiger partial charge in [-0.15, -0.1) is 35.3 Å². The summed E-state index contributed by atoms with van der Waals surface area (Å²) in [7, 11) is 0. The van der Waals surface area contributed by atoms with Crippen molar-refractivity contribution < 1.29 is 0 Å². The Morgan fingerprint density at radius 1 is 1.28 bits per heavy atom. The van der Waals surface area contributed by atoms with Gasteiger partial charge >= 0.3 is 0 Å². The van der Waals surface area contributed by atoms with E-state index in [-0.39, 0.29) is 24.0 Å². The molecule has 0 bridgehead atoms. The molecule has 0 unspecified atom stereocenters. The molecule has 0 amide bonds. The number of aryl methyl sites for hydroxylation is 1. The minimum atomic E-state index is 0. The van der Waals surface area contributed by atoms with Crippen LogP contribution in [-0.2, 0) is 12.8 Å². The summed E-state index contributed by atoms with van der Waals surface area (Å²) < 4.78 is 0. The molecule has 1 aliphatic heterocycles. The second-order valence-electron chi connectivity index (χ2n) is 7.30. The maximum absolute atomic E-state index is 4.90. The summed E-state index contributed by atoms with van der Waals surface area (Å²) >= 11 is 1.77. The van der Waals surface area contributed by atoms with Gasteiger partial charge in [-0.05, 0) is 38.0 Å². The smallest absolute Gasteiger partial charge is 0.193 e. The van der Waals surface area contributed by atoms with Gasteiger partial charge in [0, 0.05) is 38.0 Å². The van der Waals surface area contributed by atoms with Crippen molar-refractivity contribution in [3.05, 3.63) is 16.1 Å². The third kappa shape index (κ3) is 5.55. The van der Waals surface area contributed by atoms with Crippen LogP contribution in [0.5, 0.6) is 0 Å². The van der Waals surface area contributed by atoms with Crippen molar-refractivity contribution in [3.63, 3.8) is 0 Å². The molecule has 1 aromatic heterocycles. The van der Waals surface area contributed by atoms with Crippen LogP contribution in [0.4, 0.5) is 0 Å². The molecule has 6 heteroatoms. The van der Waals surface area contributed by atoms with E-state index in [0.717, 1.165) is 31.9 Å². The van der Waals surface area contributed by atoms with E-state index in [1.807, 2.05) is 0 Å². The lowest BCUT2D eigenvalue weighted by molar-refractivity contribution is 0.203. The van der Waals surface area contributed by atoms with E-state index in [0.29, 0.717) is 5.41 Å². The van der Waals surface area contributed by atoms with Gasteiger partial charge < -0.3 is 10.2 Å². The van der Waals surface area contributed by atoms with Gasteiger partial charge in [0.2, 0.25) is 0 Å². The molecule has 3 rings (SSSR count). The summed E-state index contributed by atoms with van der Waals surface area (Å²) in [6.07, 6.45) is 10.4. The van der Waals surface area contributed by atoms with E-state index in [9.17, 15) is 0 Å². The lowest BCUT2D eigenvalue weighted by atomic mass is 9.73. The third-order valence-electron chi connectivity index (χ3n) is 5.52. The molecule has 25 heavy (non-hydrogen) atoms. The van der Waals surface area contributed by atoms with Gasteiger partial charge in [-0.25, -0.2) is 4.98 Å². The highest BCUT2D eigenvalue weighted by Crippen LogP contribution is 2.43. The van der Waals surface area contributed by atoms with Crippen LogP contribution < -0.4 is 5.32 Å². The molecule has 2 aliphatic rings. The van der Waals surface area contributed by atoms with Gasteiger partial charge in [-0.2, -0.15) is 0 Å². The van der Waals surface area contributed by atoms with Crippen molar-refractivity contribution in [1.29, 1.82) is 0 Å². The largest absolute Gasteiger partial charge is 0.357 e. The van der Waals surface area contributed by atoms with Crippen LogP contribution in [-0.4, -0.2) is 42.0 Å². The van der Waals surface area contributed by atoms with E-state index in [1.165, 1.54) is 62.3 Å². The first-order chi connectivity index (χ1) is 11.7. The molecular weight excluding hydrogens is 443 g/mol. The average Bonchev–Trinajstić information content (AvgIpc) is 3.22. The number of halogens is 1. The molecule has 0 atom stereocenters. The van der Waals surface area contributed by atoms with Crippen molar-refractivity contribution in [2.24, 2.45) is 10.4 Å². The normalized spacial score (nSPS) is 19.9. The maximum atomic E-state index is 4.90. The van der Waals surface area contributed by atoms with Crippen LogP contribution in [0, 0.1) is 5.41 Å². The van der Waals surface area contributed by atoms with E-state index in [4.69, 9.17) is 4.99 Å². The summed E-state index contributed by atoms with van der Waals surface area (Å²) in [4.78, 5) is 12.1. The quantitative estimate of drug-likeness (QED) is 0.387. The van der Waals surface area contributed by atoms with Gasteiger partial charge in [0.15, 0.2) is 5.96 Å². The zero-order chi connectivity index (χ0) is 16.8. The Labute approximate surface area is 173 Å². The Hall–Kier alpha value is -0.370. The van der Waals surface area contributed by atoms with E-state index < -0.39 is 0 Å². The number of hydrogen-bond donors (Lipinski definition) is 1. The second kappa shape index (κ2) is 10.1. The molecule has 1 spiro atoms. The predicted molar refractivity (Wildman–Crippen MR) is 118 cm³/mol. The van der Waals surface area contributed by atoms with E-state index in [1.54, 1.807) is 11.3 Å². The minimum absolute atomic E-state index is 0. The van der Waals surface area contributed by atoms with Crippen molar-refractivity contribution in [2.45, 2.75) is 65.2 Å². The van der Waals surface area contributed by atoms with Crippen LogP contribution in [0.1, 0.15) is 63.1 Å². The number of nitrogens with one attached hydrogen (secondary N) is 1. The van der Waals surface area contributed by atoms with E-state index >= 15 is 0 Å². The van der Waals surface area contributed by atoms with Crippen molar-refractivity contribution >= 4 is 41.3 Å². The molecule has 2 heterocycles. The highest BCUT2D eigenvalue weighted by molar-refractivity contribution is 14.0. The molecule has 0 aromatic carbocycles. The Balaban J connectivity index is 0.00000225. The summed E-state index contributed by atoms with van der Waals surface area (Å²) in [5.74, 6) is 1.12. The zero-order valence-corrected chi connectivity index (χ0v) is 18.9. The highest BCUT2D eigenvalue weighted by Gasteiger charge is 2.39. The number of rotatable bonds is 5. The molecule has 1 saturated carbocycles. The molecule has 4 nitrogen and oxygen atoms in total. The molecule has 0 radical (unpaired) electrons. The van der Waals surface area contributed by atoms with Crippen LogP contribution in [0.25, 0.3) is 0 Å². The molecule has 1 aromatic rings. The maximum Gasteiger partial charge on any atom is 0.193 e. The molecular formula is C19H33IN4S. The number of aromatic nitrogens is 1. The zero-order valence-electron chi connectivity index (χ0n) is 15.7. The van der Waals surface area contributed by atoms with Gasteiger partial charge in [-0.1, -0.05) is 26.2 Å². The standard InChI is InChI=1S/C19H32N4S.HI/c1-3-17-22-16(14-24-17)8-12-21-18(20-4-2)23-13-11-19(15-23)9-6-5-7-10-19;/h14H,3-13,15H2,1-2H3,(H,20,21);1H. The fraction of sp³-hybridized carbons (Fsp3) is 0.789. The first-order valence-electron chi connectivity index (χ1n) is 9.71. The first-order valence-corrected chi connectivity index (χ1v) is 10.6. The Kier molecular flexibility index (Phi) is 8.45. The lowest BCUT2D eigenvalue weighted by Gasteiger charge is -2.33. The molecule has 2 fully saturated rings. The topological polar surface area (TPSA) is 40.5 Å². The number of nitrogens with zero attached hydrogens (tertiary/aromatic N) is 3. The molecule has 1 N–H and O–H groups in total. The second-order valence-corrected chi connectivity index (χ2v) is 8.25. The summed E-state index contributed by atoms with van der Waals surface area (Å²) in [6.45, 7) is 8.48. The number of aliphatic imine (C=N–C) groups is 1. The van der Waals surface area contributed by atoms with Gasteiger partial charge in [0.25, 0.3) is 0 Å². The number of thiazole rings is 1. The summed E-state index contributed by atoms with van der Waals surface area (Å²) in [5.41, 5.74) is 1.78. The molecule has 142 valence electrons. The lowest BCUT2D eigenvalue weighted by Crippen LogP contribution is -2.41. The predicted octanol–water partition coefficient (Wildman–Crippen LogP) is 4.49. The summed E-state index contributed by atoms with van der Waals surface area (Å²) in [5, 5.41) is 6.93. The first kappa shape index (κ1) is 20.9. The number of guanidine groups is 1. The Morgan fingerprint density at radius 2 is 2.08 bits per heavy atom. The Morgan fingerprint density at radius 3 is 2.76 bits per heavy atom. The highest BCUT2D eigenvalue weighted by atomic mass is 127. The monoisotopic (exact) mass is 476 g/mol. The van der Waals surface area contributed by atoms with Crippen LogP contribution in [0.2, 0.25) is 0 Å². The van der Waals surface area contributed by atoms with Crippen LogP contribution >= 0.6 is 35.3 Å². The van der Waals surface area contributed by atoms with E-state index in [2.05, 4.69) is 34.4 Å². The molecule has 1 aliphatic carbocycles. The Bertz CT molecular complexity index is 551. The van der Waals surface area contributed by atoms with Gasteiger partial charge in [0.1, 0.15) is 0 Å². The average molecular weight is 476 g/mol. The fourth-order valence-corrected chi connectivity index (χ4v) is 4.93. The molecule has 1 saturated heterocycles. The minimum Gasteiger partial charge on any atom is -0.357 e. The van der Waals surface area contributed by atoms with Crippen LogP contribution in [0.15, 0.2) is 10.4 Å². The number of hydrogen-bond acceptors (Lipinski definition) is 3.